The Morgan fingerprint density at radius 1 is 1.18 bits per heavy atom. The van der Waals surface area contributed by atoms with Crippen molar-refractivity contribution in [3.63, 3.8) is 0 Å². The Morgan fingerprint density at radius 3 is 2.44 bits per heavy atom. The van der Waals surface area contributed by atoms with Crippen molar-refractivity contribution >= 4 is 28.7 Å². The molecule has 1 fully saturated rings. The summed E-state index contributed by atoms with van der Waals surface area (Å²) >= 11 is 6.20. The van der Waals surface area contributed by atoms with E-state index in [1.54, 1.807) is 17.8 Å². The second kappa shape index (κ2) is 9.91. The second-order valence-corrected chi connectivity index (χ2v) is 9.11. The lowest BCUT2D eigenvalue weighted by molar-refractivity contribution is -0.156. The summed E-state index contributed by atoms with van der Waals surface area (Å²) in [7, 11) is 1.78. The summed E-state index contributed by atoms with van der Waals surface area (Å²) in [6.07, 6.45) is 2.75. The summed E-state index contributed by atoms with van der Waals surface area (Å²) in [5.74, 6) is 0.144. The number of ether oxygens (including phenoxy) is 1. The molecule has 0 amide bonds. The fourth-order valence-electron chi connectivity index (χ4n) is 4.48. The molecule has 2 aromatic carbocycles. The van der Waals surface area contributed by atoms with Gasteiger partial charge in [-0.3, -0.25) is 4.79 Å². The van der Waals surface area contributed by atoms with Crippen molar-refractivity contribution in [2.75, 3.05) is 0 Å². The highest BCUT2D eigenvalue weighted by Crippen LogP contribution is 2.37. The molecule has 0 aliphatic carbocycles. The molecule has 0 saturated carbocycles. The number of carbonyl (C=O) groups is 1. The predicted molar refractivity (Wildman–Crippen MR) is 131 cm³/mol. The van der Waals surface area contributed by atoms with Crippen molar-refractivity contribution < 1.29 is 14.6 Å². The monoisotopic (exact) mass is 478 g/mol. The molecule has 1 aliphatic heterocycles. The normalized spacial score (nSPS) is 19.3. The first-order valence-corrected chi connectivity index (χ1v) is 11.5. The van der Waals surface area contributed by atoms with Gasteiger partial charge in [-0.15, -0.1) is 5.10 Å². The smallest absolute Gasteiger partial charge is 0.309 e. The van der Waals surface area contributed by atoms with E-state index in [4.69, 9.17) is 16.3 Å². The maximum atomic E-state index is 11.9. The quantitative estimate of drug-likeness (QED) is 0.432. The van der Waals surface area contributed by atoms with E-state index in [0.29, 0.717) is 17.3 Å². The van der Waals surface area contributed by atoms with Gasteiger partial charge in [0.2, 0.25) is 0 Å². The summed E-state index contributed by atoms with van der Waals surface area (Å²) in [6.45, 7) is 6.24. The fraction of sp³-hybridized carbons (Fsp3) is 0.308. The highest BCUT2D eigenvalue weighted by Gasteiger charge is 2.26. The third-order valence-electron chi connectivity index (χ3n) is 5.86. The third-order valence-corrected chi connectivity index (χ3v) is 6.11. The number of aromatic nitrogens is 4. The zero-order valence-electron chi connectivity index (χ0n) is 19.6. The summed E-state index contributed by atoms with van der Waals surface area (Å²) in [5.41, 5.74) is 7.12. The number of esters is 1. The van der Waals surface area contributed by atoms with E-state index in [9.17, 15) is 9.90 Å². The largest absolute Gasteiger partial charge is 0.458 e. The SMILES string of the molecule is Cc1cc(C)c(/C(=C(\C=C\[C@@H]2C[C@@H](O)CC(=O)O2)c2nnnn2C)c2ccc(Cl)cc2)c(C)c1. The molecular formula is C26H27ClN4O3. The van der Waals surface area contributed by atoms with Gasteiger partial charge < -0.3 is 9.84 Å². The van der Waals surface area contributed by atoms with Gasteiger partial charge in [0.05, 0.1) is 12.5 Å². The van der Waals surface area contributed by atoms with Crippen LogP contribution in [0.1, 0.15) is 46.5 Å². The van der Waals surface area contributed by atoms with Gasteiger partial charge in [0, 0.05) is 29.6 Å². The van der Waals surface area contributed by atoms with Crippen molar-refractivity contribution in [1.82, 2.24) is 20.2 Å². The molecule has 1 aromatic heterocycles. The Kier molecular flexibility index (Phi) is 6.95. The molecule has 1 aliphatic rings. The zero-order chi connectivity index (χ0) is 24.4. The molecule has 0 spiro atoms. The first kappa shape index (κ1) is 23.9. The number of hydrogen-bond donors (Lipinski definition) is 1. The molecule has 7 nitrogen and oxygen atoms in total. The molecule has 1 saturated heterocycles. The number of allylic oxidation sites excluding steroid dienone is 2. The van der Waals surface area contributed by atoms with Crippen molar-refractivity contribution in [2.24, 2.45) is 7.05 Å². The van der Waals surface area contributed by atoms with Crippen molar-refractivity contribution in [1.29, 1.82) is 0 Å². The molecule has 1 N–H and O–H groups in total. The van der Waals surface area contributed by atoms with E-state index < -0.39 is 18.2 Å². The van der Waals surface area contributed by atoms with Crippen LogP contribution in [0, 0.1) is 20.8 Å². The number of aliphatic hydroxyl groups excluding tert-OH is 1. The Bertz CT molecular complexity index is 1250. The van der Waals surface area contributed by atoms with Crippen LogP contribution in [0.2, 0.25) is 5.02 Å². The summed E-state index contributed by atoms with van der Waals surface area (Å²) in [5, 5.41) is 22.9. The third kappa shape index (κ3) is 5.11. The summed E-state index contributed by atoms with van der Waals surface area (Å²) < 4.78 is 7.05. The minimum absolute atomic E-state index is 0.0119. The Labute approximate surface area is 203 Å². The molecule has 0 unspecified atom stereocenters. The number of aliphatic hydroxyl groups is 1. The molecule has 4 rings (SSSR count). The Balaban J connectivity index is 1.99. The van der Waals surface area contributed by atoms with Crippen LogP contribution in [0.3, 0.4) is 0 Å². The molecule has 3 aromatic rings. The van der Waals surface area contributed by atoms with Crippen LogP contribution in [-0.4, -0.2) is 43.5 Å². The maximum absolute atomic E-state index is 11.9. The summed E-state index contributed by atoms with van der Waals surface area (Å²) in [4.78, 5) is 11.9. The average Bonchev–Trinajstić information content (AvgIpc) is 3.18. The van der Waals surface area contributed by atoms with Crippen LogP contribution in [0.15, 0.2) is 48.6 Å². The Morgan fingerprint density at radius 2 is 1.85 bits per heavy atom. The second-order valence-electron chi connectivity index (χ2n) is 8.68. The van der Waals surface area contributed by atoms with E-state index in [2.05, 4.69) is 48.4 Å². The van der Waals surface area contributed by atoms with Crippen LogP contribution in [0.5, 0.6) is 0 Å². The lowest BCUT2D eigenvalue weighted by Gasteiger charge is -2.24. The van der Waals surface area contributed by atoms with Gasteiger partial charge in [-0.2, -0.15) is 0 Å². The van der Waals surface area contributed by atoms with Crippen molar-refractivity contribution in [3.8, 4) is 0 Å². The zero-order valence-corrected chi connectivity index (χ0v) is 20.4. The van der Waals surface area contributed by atoms with E-state index in [1.165, 1.54) is 5.56 Å². The number of aryl methyl sites for hydroxylation is 4. The van der Waals surface area contributed by atoms with Crippen LogP contribution in [-0.2, 0) is 16.6 Å². The lowest BCUT2D eigenvalue weighted by Crippen LogP contribution is -2.31. The van der Waals surface area contributed by atoms with Gasteiger partial charge in [0.25, 0.3) is 0 Å². The van der Waals surface area contributed by atoms with Crippen LogP contribution in [0.4, 0.5) is 0 Å². The molecule has 2 heterocycles. The first-order valence-electron chi connectivity index (χ1n) is 11.1. The summed E-state index contributed by atoms with van der Waals surface area (Å²) in [6, 6.07) is 11.9. The van der Waals surface area contributed by atoms with Gasteiger partial charge in [0.1, 0.15) is 6.10 Å². The standard InChI is InChI=1S/C26H27ClN4O3/c1-15-11-16(2)24(17(3)12-15)25(18-5-7-19(27)8-6-18)22(26-28-29-30-31(26)4)10-9-21-13-20(32)14-23(33)34-21/h5-12,20-21,32H,13-14H2,1-4H3/b10-9+,25-22+/t20-,21-/m1/s1. The topological polar surface area (TPSA) is 90.1 Å². The van der Waals surface area contributed by atoms with Gasteiger partial charge in [-0.25, -0.2) is 4.68 Å². The number of benzene rings is 2. The molecule has 2 atom stereocenters. The number of tetrazole rings is 1. The van der Waals surface area contributed by atoms with Crippen molar-refractivity contribution in [3.05, 3.63) is 87.2 Å². The first-order chi connectivity index (χ1) is 16.2. The number of cyclic esters (lactones) is 1. The van der Waals surface area contributed by atoms with Gasteiger partial charge in [0.15, 0.2) is 5.82 Å². The lowest BCUT2D eigenvalue weighted by atomic mass is 9.86. The van der Waals surface area contributed by atoms with E-state index in [1.807, 2.05) is 30.3 Å². The van der Waals surface area contributed by atoms with Gasteiger partial charge in [-0.05, 0) is 71.7 Å². The highest BCUT2D eigenvalue weighted by atomic mass is 35.5. The van der Waals surface area contributed by atoms with Crippen LogP contribution in [0.25, 0.3) is 11.1 Å². The highest BCUT2D eigenvalue weighted by molar-refractivity contribution is 6.30. The number of rotatable bonds is 5. The van der Waals surface area contributed by atoms with Crippen molar-refractivity contribution in [2.45, 2.75) is 45.8 Å². The fourth-order valence-corrected chi connectivity index (χ4v) is 4.61. The number of carbonyl (C=O) groups excluding carboxylic acids is 1. The van der Waals surface area contributed by atoms with Crippen LogP contribution >= 0.6 is 11.6 Å². The maximum Gasteiger partial charge on any atom is 0.309 e. The van der Waals surface area contributed by atoms with Gasteiger partial charge in [-0.1, -0.05) is 47.5 Å². The van der Waals surface area contributed by atoms with E-state index in [0.717, 1.165) is 33.4 Å². The molecule has 176 valence electrons. The number of nitrogens with zero attached hydrogens (tertiary/aromatic N) is 4. The molecule has 8 heteroatoms. The molecule has 0 bridgehead atoms. The minimum Gasteiger partial charge on any atom is -0.458 e. The van der Waals surface area contributed by atoms with E-state index in [-0.39, 0.29) is 6.42 Å². The molecule has 0 radical (unpaired) electrons. The van der Waals surface area contributed by atoms with Crippen LogP contribution < -0.4 is 0 Å². The number of hydrogen-bond acceptors (Lipinski definition) is 6. The van der Waals surface area contributed by atoms with E-state index >= 15 is 0 Å². The number of halogens is 1. The Hall–Kier alpha value is -3.29. The molecule has 34 heavy (non-hydrogen) atoms. The average molecular weight is 479 g/mol. The minimum atomic E-state index is -0.725. The predicted octanol–water partition coefficient (Wildman–Crippen LogP) is 4.37. The van der Waals surface area contributed by atoms with Gasteiger partial charge >= 0.3 is 5.97 Å². The molecular weight excluding hydrogens is 452 g/mol.